The lowest BCUT2D eigenvalue weighted by molar-refractivity contribution is 0.726. The van der Waals surface area contributed by atoms with Crippen molar-refractivity contribution >= 4 is 34.7 Å². The molecular formula is C16H19ClN2S2. The van der Waals surface area contributed by atoms with Gasteiger partial charge in [0.25, 0.3) is 0 Å². The van der Waals surface area contributed by atoms with Crippen LogP contribution in [-0.4, -0.2) is 11.5 Å². The second kappa shape index (κ2) is 7.14. The largest absolute Gasteiger partial charge is 0.312 e. The highest BCUT2D eigenvalue weighted by Crippen LogP contribution is 2.43. The SMILES string of the molecule is CCNCc1sc(CSc2ccccc2Cl)nc1C1CC1. The van der Waals surface area contributed by atoms with Crippen LogP contribution in [0.3, 0.4) is 0 Å². The predicted molar refractivity (Wildman–Crippen MR) is 92.5 cm³/mol. The van der Waals surface area contributed by atoms with E-state index < -0.39 is 0 Å². The van der Waals surface area contributed by atoms with Crippen molar-refractivity contribution in [3.05, 3.63) is 44.9 Å². The fourth-order valence-electron chi connectivity index (χ4n) is 2.22. The molecule has 1 saturated carbocycles. The first-order chi connectivity index (χ1) is 10.3. The number of aromatic nitrogens is 1. The minimum Gasteiger partial charge on any atom is -0.312 e. The summed E-state index contributed by atoms with van der Waals surface area (Å²) in [5.41, 5.74) is 1.34. The maximum Gasteiger partial charge on any atom is 0.103 e. The van der Waals surface area contributed by atoms with Gasteiger partial charge in [0.1, 0.15) is 5.01 Å². The Hall–Kier alpha value is -0.550. The predicted octanol–water partition coefficient (Wildman–Crippen LogP) is 5.08. The minimum atomic E-state index is 0.717. The van der Waals surface area contributed by atoms with Crippen molar-refractivity contribution in [1.82, 2.24) is 10.3 Å². The molecule has 1 fully saturated rings. The van der Waals surface area contributed by atoms with Gasteiger partial charge in [-0.3, -0.25) is 0 Å². The van der Waals surface area contributed by atoms with Crippen molar-refractivity contribution in [2.45, 2.75) is 42.9 Å². The molecule has 0 bridgehead atoms. The first-order valence-electron chi connectivity index (χ1n) is 7.34. The highest BCUT2D eigenvalue weighted by molar-refractivity contribution is 7.98. The molecule has 2 aromatic rings. The average molecular weight is 339 g/mol. The summed E-state index contributed by atoms with van der Waals surface area (Å²) in [4.78, 5) is 7.44. The van der Waals surface area contributed by atoms with Crippen molar-refractivity contribution in [2.75, 3.05) is 6.54 Å². The topological polar surface area (TPSA) is 24.9 Å². The normalized spacial score (nSPS) is 14.6. The van der Waals surface area contributed by atoms with Gasteiger partial charge < -0.3 is 5.32 Å². The fraction of sp³-hybridized carbons (Fsp3) is 0.438. The molecule has 0 amide bonds. The van der Waals surface area contributed by atoms with Crippen molar-refractivity contribution in [3.8, 4) is 0 Å². The van der Waals surface area contributed by atoms with E-state index in [1.165, 1.54) is 28.4 Å². The second-order valence-corrected chi connectivity index (χ2v) is 7.78. The molecule has 112 valence electrons. The molecule has 0 atom stereocenters. The average Bonchev–Trinajstić information content (AvgIpc) is 3.26. The van der Waals surface area contributed by atoms with Gasteiger partial charge in [0, 0.05) is 22.2 Å². The van der Waals surface area contributed by atoms with Gasteiger partial charge in [0.2, 0.25) is 0 Å². The summed E-state index contributed by atoms with van der Waals surface area (Å²) in [6.07, 6.45) is 2.61. The third-order valence-corrected chi connectivity index (χ3v) is 6.24. The molecule has 21 heavy (non-hydrogen) atoms. The molecule has 0 radical (unpaired) electrons. The highest BCUT2D eigenvalue weighted by atomic mass is 35.5. The van der Waals surface area contributed by atoms with Crippen LogP contribution in [0.4, 0.5) is 0 Å². The van der Waals surface area contributed by atoms with Crippen LogP contribution in [-0.2, 0) is 12.3 Å². The number of hydrogen-bond donors (Lipinski definition) is 1. The standard InChI is InChI=1S/C16H19ClN2S2/c1-2-18-9-14-16(11-7-8-11)19-15(21-14)10-20-13-6-4-3-5-12(13)17/h3-6,11,18H,2,7-10H2,1H3. The lowest BCUT2D eigenvalue weighted by Gasteiger charge is -2.01. The molecule has 5 heteroatoms. The Labute approximate surface area is 139 Å². The van der Waals surface area contributed by atoms with E-state index >= 15 is 0 Å². The van der Waals surface area contributed by atoms with E-state index in [1.54, 1.807) is 11.8 Å². The van der Waals surface area contributed by atoms with E-state index in [2.05, 4.69) is 18.3 Å². The molecule has 0 aliphatic heterocycles. The van der Waals surface area contributed by atoms with Crippen LogP contribution in [0.1, 0.15) is 41.3 Å². The fourth-order valence-corrected chi connectivity index (χ4v) is 4.57. The molecule has 1 aliphatic carbocycles. The number of rotatable bonds is 7. The van der Waals surface area contributed by atoms with Gasteiger partial charge in [-0.2, -0.15) is 0 Å². The van der Waals surface area contributed by atoms with Crippen molar-refractivity contribution < 1.29 is 0 Å². The third kappa shape index (κ3) is 4.01. The zero-order chi connectivity index (χ0) is 14.7. The molecule has 1 aromatic heterocycles. The number of benzene rings is 1. The Morgan fingerprint density at radius 3 is 2.90 bits per heavy atom. The summed E-state index contributed by atoms with van der Waals surface area (Å²) >= 11 is 9.84. The molecule has 0 saturated heterocycles. The van der Waals surface area contributed by atoms with E-state index in [0.29, 0.717) is 5.92 Å². The van der Waals surface area contributed by atoms with Crippen molar-refractivity contribution in [3.63, 3.8) is 0 Å². The Bertz CT molecular complexity index is 608. The maximum absolute atomic E-state index is 6.21. The Balaban J connectivity index is 1.69. The summed E-state index contributed by atoms with van der Waals surface area (Å²) in [5.74, 6) is 1.62. The summed E-state index contributed by atoms with van der Waals surface area (Å²) in [6, 6.07) is 8.01. The van der Waals surface area contributed by atoms with Gasteiger partial charge in [-0.05, 0) is 31.5 Å². The second-order valence-electron chi connectivity index (χ2n) is 5.19. The quantitative estimate of drug-likeness (QED) is 0.713. The van der Waals surface area contributed by atoms with Crippen LogP contribution in [0.15, 0.2) is 29.2 Å². The van der Waals surface area contributed by atoms with Gasteiger partial charge >= 0.3 is 0 Å². The smallest absolute Gasteiger partial charge is 0.103 e. The number of nitrogens with zero attached hydrogens (tertiary/aromatic N) is 1. The zero-order valence-electron chi connectivity index (χ0n) is 12.1. The Kier molecular flexibility index (Phi) is 5.22. The van der Waals surface area contributed by atoms with E-state index in [9.17, 15) is 0 Å². The summed E-state index contributed by atoms with van der Waals surface area (Å²) in [6.45, 7) is 4.11. The summed E-state index contributed by atoms with van der Waals surface area (Å²) in [7, 11) is 0. The van der Waals surface area contributed by atoms with Crippen LogP contribution < -0.4 is 5.32 Å². The number of nitrogens with one attached hydrogen (secondary N) is 1. The lowest BCUT2D eigenvalue weighted by atomic mass is 10.2. The van der Waals surface area contributed by atoms with Crippen LogP contribution in [0, 0.1) is 0 Å². The number of thiazole rings is 1. The van der Waals surface area contributed by atoms with Crippen LogP contribution in [0.2, 0.25) is 5.02 Å². The van der Waals surface area contributed by atoms with E-state index in [-0.39, 0.29) is 0 Å². The molecule has 3 rings (SSSR count). The first kappa shape index (κ1) is 15.3. The van der Waals surface area contributed by atoms with Gasteiger partial charge in [0.05, 0.1) is 16.5 Å². The van der Waals surface area contributed by atoms with E-state index in [1.807, 2.05) is 29.5 Å². The maximum atomic E-state index is 6.21. The Morgan fingerprint density at radius 2 is 2.19 bits per heavy atom. The van der Waals surface area contributed by atoms with Crippen molar-refractivity contribution in [1.29, 1.82) is 0 Å². The molecular weight excluding hydrogens is 320 g/mol. The molecule has 1 N–H and O–H groups in total. The number of thioether (sulfide) groups is 1. The monoisotopic (exact) mass is 338 g/mol. The van der Waals surface area contributed by atoms with Crippen LogP contribution in [0.25, 0.3) is 0 Å². The van der Waals surface area contributed by atoms with Crippen LogP contribution in [0.5, 0.6) is 0 Å². The molecule has 1 aliphatic rings. The van der Waals surface area contributed by atoms with Gasteiger partial charge in [-0.15, -0.1) is 23.1 Å². The first-order valence-corrected chi connectivity index (χ1v) is 9.52. The number of hydrogen-bond acceptors (Lipinski definition) is 4. The molecule has 0 spiro atoms. The number of halogens is 1. The molecule has 2 nitrogen and oxygen atoms in total. The summed E-state index contributed by atoms with van der Waals surface area (Å²) < 4.78 is 0. The van der Waals surface area contributed by atoms with Gasteiger partial charge in [-0.1, -0.05) is 30.7 Å². The van der Waals surface area contributed by atoms with Gasteiger partial charge in [0.15, 0.2) is 0 Å². The molecule has 0 unspecified atom stereocenters. The lowest BCUT2D eigenvalue weighted by Crippen LogP contribution is -2.11. The minimum absolute atomic E-state index is 0.717. The van der Waals surface area contributed by atoms with E-state index in [0.717, 1.165) is 28.8 Å². The highest BCUT2D eigenvalue weighted by Gasteiger charge is 2.29. The molecule has 1 heterocycles. The van der Waals surface area contributed by atoms with E-state index in [4.69, 9.17) is 16.6 Å². The molecule has 1 aromatic carbocycles. The van der Waals surface area contributed by atoms with Crippen molar-refractivity contribution in [2.24, 2.45) is 0 Å². The third-order valence-electron chi connectivity index (χ3n) is 3.46. The summed E-state index contributed by atoms with van der Waals surface area (Å²) in [5, 5.41) is 5.47. The Morgan fingerprint density at radius 1 is 1.38 bits per heavy atom. The zero-order valence-corrected chi connectivity index (χ0v) is 14.5. The van der Waals surface area contributed by atoms with Crippen LogP contribution >= 0.6 is 34.7 Å². The van der Waals surface area contributed by atoms with Gasteiger partial charge in [-0.25, -0.2) is 4.98 Å².